The maximum Gasteiger partial charge on any atom is 0.128 e. The summed E-state index contributed by atoms with van der Waals surface area (Å²) in [6, 6.07) is 8.88. The molecule has 1 heterocycles. The van der Waals surface area contributed by atoms with Gasteiger partial charge in [0.1, 0.15) is 5.84 Å². The van der Waals surface area contributed by atoms with E-state index in [1.165, 1.54) is 31.2 Å². The first-order valence-corrected chi connectivity index (χ1v) is 6.71. The number of nitrogens with one attached hydrogen (secondary N) is 1. The monoisotopic (exact) mass is 228 g/mol. The highest BCUT2D eigenvalue weighted by atomic mass is 15.2. The van der Waals surface area contributed by atoms with E-state index >= 15 is 0 Å². The van der Waals surface area contributed by atoms with Gasteiger partial charge in [-0.2, -0.15) is 0 Å². The number of rotatable bonds is 2. The van der Waals surface area contributed by atoms with Gasteiger partial charge in [-0.25, -0.2) is 0 Å². The van der Waals surface area contributed by atoms with Gasteiger partial charge in [0, 0.05) is 18.2 Å². The van der Waals surface area contributed by atoms with Crippen LogP contribution in [0.4, 0.5) is 0 Å². The number of fused-ring (bicyclic) bond motifs is 1. The molecule has 1 aromatic rings. The van der Waals surface area contributed by atoms with Crippen molar-refractivity contribution in [3.05, 3.63) is 35.4 Å². The van der Waals surface area contributed by atoms with Crippen LogP contribution in [0.2, 0.25) is 0 Å². The Kier molecular flexibility index (Phi) is 2.65. The molecule has 1 aromatic carbocycles. The lowest BCUT2D eigenvalue weighted by Crippen LogP contribution is -2.37. The molecule has 1 fully saturated rings. The molecule has 0 saturated heterocycles. The van der Waals surface area contributed by atoms with Gasteiger partial charge in [0.05, 0.1) is 0 Å². The maximum absolute atomic E-state index is 8.31. The summed E-state index contributed by atoms with van der Waals surface area (Å²) in [7, 11) is 0. The maximum atomic E-state index is 8.31. The molecular formula is C15H20N2. The molecule has 3 rings (SSSR count). The van der Waals surface area contributed by atoms with Crippen LogP contribution in [0.1, 0.15) is 43.7 Å². The van der Waals surface area contributed by atoms with E-state index < -0.39 is 0 Å². The lowest BCUT2D eigenvalue weighted by Gasteiger charge is -2.30. The molecule has 1 aliphatic carbocycles. The molecule has 17 heavy (non-hydrogen) atoms. The number of benzene rings is 1. The van der Waals surface area contributed by atoms with Crippen LogP contribution in [-0.2, 0) is 6.54 Å². The van der Waals surface area contributed by atoms with Crippen LogP contribution in [0.25, 0.3) is 0 Å². The molecule has 0 radical (unpaired) electrons. The first kappa shape index (κ1) is 10.8. The van der Waals surface area contributed by atoms with Crippen molar-refractivity contribution in [3.8, 4) is 0 Å². The lowest BCUT2D eigenvalue weighted by molar-refractivity contribution is 0.245. The van der Waals surface area contributed by atoms with Gasteiger partial charge in [-0.15, -0.1) is 0 Å². The fourth-order valence-electron chi connectivity index (χ4n) is 3.35. The highest BCUT2D eigenvalue weighted by molar-refractivity contribution is 6.00. The molecule has 1 unspecified atom stereocenters. The molecule has 1 atom stereocenters. The van der Waals surface area contributed by atoms with E-state index in [9.17, 15) is 0 Å². The zero-order valence-corrected chi connectivity index (χ0v) is 10.4. The predicted molar refractivity (Wildman–Crippen MR) is 70.2 cm³/mol. The van der Waals surface area contributed by atoms with Crippen LogP contribution in [0.15, 0.2) is 24.3 Å². The topological polar surface area (TPSA) is 27.1 Å². The third kappa shape index (κ3) is 1.76. The molecule has 2 heteroatoms. The van der Waals surface area contributed by atoms with E-state index in [4.69, 9.17) is 5.41 Å². The minimum atomic E-state index is 0.525. The first-order valence-electron chi connectivity index (χ1n) is 6.71. The summed E-state index contributed by atoms with van der Waals surface area (Å²) in [4.78, 5) is 2.29. The Morgan fingerprint density at radius 3 is 2.65 bits per heavy atom. The SMILES string of the molecule is CC(C1CCCC1)N1Cc2ccccc2C1=N. The number of hydrogen-bond acceptors (Lipinski definition) is 1. The molecule has 0 amide bonds. The van der Waals surface area contributed by atoms with Crippen molar-refractivity contribution >= 4 is 5.84 Å². The van der Waals surface area contributed by atoms with Crippen LogP contribution < -0.4 is 0 Å². The molecule has 0 bridgehead atoms. The molecule has 90 valence electrons. The van der Waals surface area contributed by atoms with Gasteiger partial charge in [-0.1, -0.05) is 37.1 Å². The Labute approximate surface area is 103 Å². The Balaban J connectivity index is 1.81. The minimum absolute atomic E-state index is 0.525. The van der Waals surface area contributed by atoms with Crippen molar-refractivity contribution in [2.45, 2.75) is 45.2 Å². The van der Waals surface area contributed by atoms with Crippen molar-refractivity contribution in [2.75, 3.05) is 0 Å². The average molecular weight is 228 g/mol. The fraction of sp³-hybridized carbons (Fsp3) is 0.533. The molecule has 0 aromatic heterocycles. The van der Waals surface area contributed by atoms with Crippen LogP contribution in [0, 0.1) is 11.3 Å². The van der Waals surface area contributed by atoms with Crippen molar-refractivity contribution in [2.24, 2.45) is 5.92 Å². The van der Waals surface area contributed by atoms with E-state index in [0.29, 0.717) is 6.04 Å². The third-order valence-electron chi connectivity index (χ3n) is 4.47. The van der Waals surface area contributed by atoms with Gasteiger partial charge in [-0.05, 0) is 31.2 Å². The smallest absolute Gasteiger partial charge is 0.128 e. The summed E-state index contributed by atoms with van der Waals surface area (Å²) in [5.74, 6) is 1.53. The normalized spacial score (nSPS) is 21.9. The van der Waals surface area contributed by atoms with Crippen LogP contribution in [0.3, 0.4) is 0 Å². The summed E-state index contributed by atoms with van der Waals surface area (Å²) in [5, 5.41) is 8.31. The summed E-state index contributed by atoms with van der Waals surface area (Å²) in [5.41, 5.74) is 2.46. The highest BCUT2D eigenvalue weighted by Gasteiger charge is 2.32. The van der Waals surface area contributed by atoms with Gasteiger partial charge in [0.2, 0.25) is 0 Å². The number of amidine groups is 1. The quantitative estimate of drug-likeness (QED) is 0.825. The van der Waals surface area contributed by atoms with Crippen molar-refractivity contribution in [3.63, 3.8) is 0 Å². The Hall–Kier alpha value is -1.31. The second-order valence-electron chi connectivity index (χ2n) is 5.42. The minimum Gasteiger partial charge on any atom is -0.349 e. The summed E-state index contributed by atoms with van der Waals surface area (Å²) < 4.78 is 0. The Morgan fingerprint density at radius 2 is 1.94 bits per heavy atom. The number of hydrogen-bond donors (Lipinski definition) is 1. The van der Waals surface area contributed by atoms with E-state index in [1.807, 2.05) is 6.07 Å². The molecule has 0 spiro atoms. The largest absolute Gasteiger partial charge is 0.349 e. The van der Waals surface area contributed by atoms with Crippen molar-refractivity contribution < 1.29 is 0 Å². The second kappa shape index (κ2) is 4.17. The summed E-state index contributed by atoms with van der Waals surface area (Å²) in [6.07, 6.45) is 5.45. The predicted octanol–water partition coefficient (Wildman–Crippen LogP) is 3.41. The van der Waals surface area contributed by atoms with E-state index in [0.717, 1.165) is 23.9 Å². The van der Waals surface area contributed by atoms with Crippen LogP contribution in [-0.4, -0.2) is 16.8 Å². The van der Waals surface area contributed by atoms with E-state index in [-0.39, 0.29) is 0 Å². The first-order chi connectivity index (χ1) is 8.27. The number of nitrogens with zero attached hydrogens (tertiary/aromatic N) is 1. The molecule has 1 N–H and O–H groups in total. The summed E-state index contributed by atoms with van der Waals surface area (Å²) in [6.45, 7) is 3.24. The van der Waals surface area contributed by atoms with Gasteiger partial charge >= 0.3 is 0 Å². The van der Waals surface area contributed by atoms with Crippen molar-refractivity contribution in [1.82, 2.24) is 4.90 Å². The average Bonchev–Trinajstić information content (AvgIpc) is 2.97. The fourth-order valence-corrected chi connectivity index (χ4v) is 3.35. The zero-order valence-electron chi connectivity index (χ0n) is 10.4. The Morgan fingerprint density at radius 1 is 1.24 bits per heavy atom. The van der Waals surface area contributed by atoms with Crippen molar-refractivity contribution in [1.29, 1.82) is 5.41 Å². The molecule has 2 nitrogen and oxygen atoms in total. The molecule has 1 saturated carbocycles. The van der Waals surface area contributed by atoms with Gasteiger partial charge < -0.3 is 4.90 Å². The highest BCUT2D eigenvalue weighted by Crippen LogP contribution is 2.34. The molecule has 2 aliphatic rings. The van der Waals surface area contributed by atoms with E-state index in [1.54, 1.807) is 0 Å². The van der Waals surface area contributed by atoms with E-state index in [2.05, 4.69) is 30.0 Å². The van der Waals surface area contributed by atoms with Gasteiger partial charge in [0.25, 0.3) is 0 Å². The van der Waals surface area contributed by atoms with Crippen LogP contribution >= 0.6 is 0 Å². The Bertz CT molecular complexity index is 432. The zero-order chi connectivity index (χ0) is 11.8. The molecular weight excluding hydrogens is 208 g/mol. The third-order valence-corrected chi connectivity index (χ3v) is 4.47. The van der Waals surface area contributed by atoms with Gasteiger partial charge in [0.15, 0.2) is 0 Å². The van der Waals surface area contributed by atoms with Gasteiger partial charge in [-0.3, -0.25) is 5.41 Å². The van der Waals surface area contributed by atoms with Crippen LogP contribution in [0.5, 0.6) is 0 Å². The standard InChI is InChI=1S/C15H20N2/c1-11(12-6-2-3-7-12)17-10-13-8-4-5-9-14(13)15(17)16/h4-5,8-9,11-12,16H,2-3,6-7,10H2,1H3. The summed E-state index contributed by atoms with van der Waals surface area (Å²) >= 11 is 0. The molecule has 1 aliphatic heterocycles. The second-order valence-corrected chi connectivity index (χ2v) is 5.42. The lowest BCUT2D eigenvalue weighted by atomic mass is 9.98.